The van der Waals surface area contributed by atoms with Crippen molar-refractivity contribution < 1.29 is 19.1 Å². The summed E-state index contributed by atoms with van der Waals surface area (Å²) in [5.41, 5.74) is 0. The van der Waals surface area contributed by atoms with E-state index in [9.17, 15) is 19.3 Å². The summed E-state index contributed by atoms with van der Waals surface area (Å²) in [5.74, 6) is 0.149. The van der Waals surface area contributed by atoms with E-state index in [1.54, 1.807) is 0 Å². The van der Waals surface area contributed by atoms with Gasteiger partial charge in [-0.05, 0) is 11.7 Å². The minimum Gasteiger partial charge on any atom is -0.300 e. The van der Waals surface area contributed by atoms with Crippen molar-refractivity contribution in [3.8, 4) is 0 Å². The van der Waals surface area contributed by atoms with Crippen molar-refractivity contribution in [2.75, 3.05) is 25.9 Å². The molecule has 7 heteroatoms. The molecule has 1 fully saturated rings. The predicted octanol–water partition coefficient (Wildman–Crippen LogP) is 2.68. The Morgan fingerprint density at radius 3 is 2.26 bits per heavy atom. The van der Waals surface area contributed by atoms with Crippen LogP contribution in [0.4, 0.5) is 0 Å². The number of likely N-dealkylation sites (tertiary alicyclic amines) is 1. The maximum absolute atomic E-state index is 11.9. The first-order chi connectivity index (χ1) is 10.8. The number of thioether (sulfide) groups is 1. The van der Waals surface area contributed by atoms with E-state index in [1.165, 1.54) is 32.2 Å². The fourth-order valence-electron chi connectivity index (χ4n) is 1.60. The Balaban J connectivity index is 0. The van der Waals surface area contributed by atoms with E-state index in [-0.39, 0.29) is 37.1 Å². The van der Waals surface area contributed by atoms with Crippen LogP contribution in [0.3, 0.4) is 0 Å². The average molecular weight is 348 g/mol. The molecule has 0 aromatic heterocycles. The van der Waals surface area contributed by atoms with Crippen molar-refractivity contribution in [2.24, 2.45) is 0 Å². The number of amides is 2. The molecule has 0 radical (unpaired) electrons. The number of carbonyl (C=O) groups excluding carboxylic acids is 3. The summed E-state index contributed by atoms with van der Waals surface area (Å²) in [7, 11) is 1.35. The molecule has 0 saturated carbocycles. The van der Waals surface area contributed by atoms with E-state index in [0.717, 1.165) is 4.90 Å². The molecule has 2 amide bonds. The second-order valence-corrected chi connectivity index (χ2v) is 6.27. The van der Waals surface area contributed by atoms with Crippen LogP contribution in [0.25, 0.3) is 0 Å². The van der Waals surface area contributed by atoms with E-state index in [4.69, 9.17) is 0 Å². The third-order valence-corrected chi connectivity index (χ3v) is 3.82. The van der Waals surface area contributed by atoms with Crippen LogP contribution in [-0.4, -0.2) is 58.4 Å². The molecule has 0 bridgehead atoms. The van der Waals surface area contributed by atoms with Crippen molar-refractivity contribution in [3.05, 3.63) is 4.91 Å². The van der Waals surface area contributed by atoms with E-state index in [1.807, 2.05) is 13.8 Å². The van der Waals surface area contributed by atoms with Gasteiger partial charge in [0.05, 0.1) is 11.8 Å². The summed E-state index contributed by atoms with van der Waals surface area (Å²) in [6.45, 7) is 10.0. The van der Waals surface area contributed by atoms with Crippen LogP contribution in [0.1, 0.15) is 53.9 Å². The Morgan fingerprint density at radius 2 is 1.83 bits per heavy atom. The van der Waals surface area contributed by atoms with Crippen LogP contribution in [0.15, 0.2) is 0 Å². The number of carbonyl (C=O) groups is 3. The van der Waals surface area contributed by atoms with Crippen molar-refractivity contribution in [1.82, 2.24) is 4.90 Å². The molecule has 0 aliphatic carbocycles. The lowest BCUT2D eigenvalue weighted by Crippen LogP contribution is -2.35. The molecule has 0 aromatic carbocycles. The number of imide groups is 1. The minimum atomic E-state index is -0.395. The molecule has 1 heterocycles. The third-order valence-electron chi connectivity index (χ3n) is 2.61. The second kappa shape index (κ2) is 14.4. The first-order valence-corrected chi connectivity index (χ1v) is 9.21. The molecule has 1 unspecified atom stereocenters. The highest BCUT2D eigenvalue weighted by Crippen LogP contribution is 2.25. The van der Waals surface area contributed by atoms with E-state index in [0.29, 0.717) is 16.9 Å². The van der Waals surface area contributed by atoms with Gasteiger partial charge in [-0.2, -0.15) is 0 Å². The highest BCUT2D eigenvalue weighted by molar-refractivity contribution is 8.00. The monoisotopic (exact) mass is 347 g/mol. The number of likely N-dealkylation sites (N-methyl/N-ethyl adjacent to an activating group) is 1. The molecule has 1 atom stereocenters. The highest BCUT2D eigenvalue weighted by Gasteiger charge is 2.39. The molecule has 0 aromatic rings. The number of nitrogens with zero attached hydrogens (tertiary/aromatic N) is 2. The average Bonchev–Trinajstić information content (AvgIpc) is 2.74. The number of hydrogen-bond donors (Lipinski definition) is 0. The van der Waals surface area contributed by atoms with Crippen LogP contribution in [0.2, 0.25) is 0 Å². The minimum absolute atomic E-state index is 0.0732. The lowest BCUT2D eigenvalue weighted by molar-refractivity contribution is -0.518. The summed E-state index contributed by atoms with van der Waals surface area (Å²) >= 11 is 1.34. The number of ketones is 1. The molecule has 1 aliphatic rings. The topological polar surface area (TPSA) is 74.5 Å². The molecule has 1 rings (SSSR count). The summed E-state index contributed by atoms with van der Waals surface area (Å²) in [6, 6.07) is 0. The van der Waals surface area contributed by atoms with Crippen molar-refractivity contribution in [2.45, 2.75) is 59.1 Å². The summed E-state index contributed by atoms with van der Waals surface area (Å²) in [5, 5.41) is -0.395. The first kappa shape index (κ1) is 24.0. The van der Waals surface area contributed by atoms with Gasteiger partial charge in [0, 0.05) is 23.5 Å². The molecule has 0 spiro atoms. The van der Waals surface area contributed by atoms with Crippen LogP contribution in [0, 0.1) is 4.91 Å². The number of Topliss-reactive ketones (excluding diaryl/α,β-unsaturated/α-hetero) is 1. The zero-order chi connectivity index (χ0) is 18.4. The number of hydrogen-bond acceptors (Lipinski definition) is 5. The Bertz CT molecular complexity index is 400. The maximum Gasteiger partial charge on any atom is 0.243 e. The summed E-state index contributed by atoms with van der Waals surface area (Å²) < 4.78 is 0.691. The third kappa shape index (κ3) is 11.0. The molecule has 0 N–H and O–H groups in total. The lowest BCUT2D eigenvalue weighted by Gasteiger charge is -2.11. The van der Waals surface area contributed by atoms with E-state index >= 15 is 0 Å². The molecule has 23 heavy (non-hydrogen) atoms. The van der Waals surface area contributed by atoms with Crippen LogP contribution >= 0.6 is 11.8 Å². The van der Waals surface area contributed by atoms with Gasteiger partial charge in [0.2, 0.25) is 18.4 Å². The van der Waals surface area contributed by atoms with Gasteiger partial charge in [-0.15, -0.1) is 11.8 Å². The molecule has 134 valence electrons. The number of rotatable bonds is 7. The van der Waals surface area contributed by atoms with E-state index < -0.39 is 5.25 Å². The standard InChI is InChI=1S/C11H17N2O4S.C3H8.C2H6/c1-8(14)3-6-18-9-7-10(15)13(11(9)16)5-4-12(2)17;1-3-2;1-2/h9H,3-7H2,1-2H3;3H2,1-2H3;1-2H3/q+1;;. The molecule has 1 aliphatic heterocycles. The SMILES string of the molecule is CC.CC(=O)CCSC1CC(=O)N(CC[N+](C)=O)C1=O.CCC. The zero-order valence-electron chi connectivity index (χ0n) is 15.3. The molecule has 6 nitrogen and oxygen atoms in total. The fourth-order valence-corrected chi connectivity index (χ4v) is 2.82. The Hall–Kier alpha value is -1.24. The van der Waals surface area contributed by atoms with Gasteiger partial charge in [0.15, 0.2) is 7.05 Å². The van der Waals surface area contributed by atoms with Crippen LogP contribution in [0.5, 0.6) is 0 Å². The summed E-state index contributed by atoms with van der Waals surface area (Å²) in [4.78, 5) is 46.2. The van der Waals surface area contributed by atoms with Crippen LogP contribution in [-0.2, 0) is 14.4 Å². The largest absolute Gasteiger partial charge is 0.300 e. The van der Waals surface area contributed by atoms with Crippen molar-refractivity contribution >= 4 is 29.4 Å². The van der Waals surface area contributed by atoms with Gasteiger partial charge >= 0.3 is 0 Å². The Labute approximate surface area is 143 Å². The highest BCUT2D eigenvalue weighted by atomic mass is 32.2. The molecule has 1 saturated heterocycles. The first-order valence-electron chi connectivity index (χ1n) is 8.16. The van der Waals surface area contributed by atoms with Gasteiger partial charge in [-0.1, -0.05) is 34.1 Å². The molecular weight excluding hydrogens is 316 g/mol. The molecular formula is C16H31N2O4S+. The van der Waals surface area contributed by atoms with Gasteiger partial charge in [-0.3, -0.25) is 19.3 Å². The Morgan fingerprint density at radius 1 is 1.30 bits per heavy atom. The van der Waals surface area contributed by atoms with E-state index in [2.05, 4.69) is 13.8 Å². The Kier molecular flexibility index (Phi) is 15.0. The number of nitroso groups, excluding NO2 is 1. The van der Waals surface area contributed by atoms with Crippen molar-refractivity contribution in [3.63, 3.8) is 0 Å². The van der Waals surface area contributed by atoms with Gasteiger partial charge in [0.25, 0.3) is 0 Å². The van der Waals surface area contributed by atoms with Crippen LogP contribution < -0.4 is 0 Å². The fraction of sp³-hybridized carbons (Fsp3) is 0.812. The predicted molar refractivity (Wildman–Crippen MR) is 94.6 cm³/mol. The zero-order valence-corrected chi connectivity index (χ0v) is 16.1. The van der Waals surface area contributed by atoms with Gasteiger partial charge in [-0.25, -0.2) is 0 Å². The van der Waals surface area contributed by atoms with Crippen molar-refractivity contribution in [1.29, 1.82) is 0 Å². The van der Waals surface area contributed by atoms with Gasteiger partial charge < -0.3 is 0 Å². The normalized spacial score (nSPS) is 16.3. The lowest BCUT2D eigenvalue weighted by atomic mass is 10.3. The van der Waals surface area contributed by atoms with Gasteiger partial charge in [0.1, 0.15) is 5.78 Å². The quantitative estimate of drug-likeness (QED) is 0.523. The maximum atomic E-state index is 11.9. The second-order valence-electron chi connectivity index (χ2n) is 4.96. The smallest absolute Gasteiger partial charge is 0.243 e. The summed E-state index contributed by atoms with van der Waals surface area (Å²) in [6.07, 6.45) is 1.83.